The second-order valence-electron chi connectivity index (χ2n) is 5.83. The fraction of sp³-hybridized carbons (Fsp3) is 0.571. The molecule has 5 nitrogen and oxygen atoms in total. The summed E-state index contributed by atoms with van der Waals surface area (Å²) in [6, 6.07) is 4.49. The van der Waals surface area contributed by atoms with Crippen molar-refractivity contribution < 1.29 is 8.42 Å². The monoisotopic (exact) mass is 329 g/mol. The average molecular weight is 330 g/mol. The molecule has 116 valence electrons. The van der Waals surface area contributed by atoms with Crippen molar-refractivity contribution in [3.63, 3.8) is 0 Å². The highest BCUT2D eigenvalue weighted by Crippen LogP contribution is 2.30. The summed E-state index contributed by atoms with van der Waals surface area (Å²) in [7, 11) is -3.47. The van der Waals surface area contributed by atoms with Crippen molar-refractivity contribution in [1.82, 2.24) is 9.21 Å². The average Bonchev–Trinajstić information content (AvgIpc) is 3.26. The molecule has 7 heteroatoms. The van der Waals surface area contributed by atoms with Gasteiger partial charge in [0.25, 0.3) is 0 Å². The van der Waals surface area contributed by atoms with Crippen LogP contribution in [0.2, 0.25) is 5.02 Å². The number of nitrogens with zero attached hydrogens (tertiary/aromatic N) is 2. The first kappa shape index (κ1) is 15.1. The van der Waals surface area contributed by atoms with Crippen LogP contribution in [0.15, 0.2) is 23.1 Å². The zero-order chi connectivity index (χ0) is 15.0. The molecule has 0 amide bonds. The summed E-state index contributed by atoms with van der Waals surface area (Å²) in [5, 5.41) is 0.378. The third-order valence-electron chi connectivity index (χ3n) is 4.15. The number of hydrogen-bond donors (Lipinski definition) is 1. The van der Waals surface area contributed by atoms with Gasteiger partial charge in [0.1, 0.15) is 0 Å². The van der Waals surface area contributed by atoms with Crippen molar-refractivity contribution in [1.29, 1.82) is 0 Å². The summed E-state index contributed by atoms with van der Waals surface area (Å²) in [4.78, 5) is 2.58. The molecule has 3 rings (SSSR count). The number of benzene rings is 1. The Kier molecular flexibility index (Phi) is 4.14. The molecule has 21 heavy (non-hydrogen) atoms. The molecule has 1 aliphatic heterocycles. The van der Waals surface area contributed by atoms with Crippen LogP contribution in [0, 0.1) is 5.92 Å². The second-order valence-corrected chi connectivity index (χ2v) is 8.18. The van der Waals surface area contributed by atoms with E-state index >= 15 is 0 Å². The highest BCUT2D eigenvalue weighted by molar-refractivity contribution is 7.89. The van der Waals surface area contributed by atoms with Gasteiger partial charge in [-0.25, -0.2) is 8.42 Å². The van der Waals surface area contributed by atoms with Crippen LogP contribution >= 0.6 is 11.6 Å². The molecule has 2 N–H and O–H groups in total. The van der Waals surface area contributed by atoms with Gasteiger partial charge in [0.05, 0.1) is 15.6 Å². The van der Waals surface area contributed by atoms with E-state index in [1.54, 1.807) is 4.31 Å². The molecule has 2 aliphatic rings. The lowest BCUT2D eigenvalue weighted by atomic mass is 10.3. The minimum absolute atomic E-state index is 0.222. The Morgan fingerprint density at radius 3 is 2.43 bits per heavy atom. The van der Waals surface area contributed by atoms with E-state index < -0.39 is 10.0 Å². The van der Waals surface area contributed by atoms with E-state index in [2.05, 4.69) is 4.90 Å². The minimum atomic E-state index is -3.47. The van der Waals surface area contributed by atoms with Crippen LogP contribution < -0.4 is 5.73 Å². The van der Waals surface area contributed by atoms with E-state index in [9.17, 15) is 8.42 Å². The number of sulfonamides is 1. The molecular formula is C14H20ClN3O2S. The number of piperazine rings is 1. The molecule has 0 atom stereocenters. The third kappa shape index (κ3) is 3.34. The van der Waals surface area contributed by atoms with E-state index in [4.69, 9.17) is 17.3 Å². The molecule has 1 aromatic rings. The number of anilines is 1. The lowest BCUT2D eigenvalue weighted by molar-refractivity contribution is 0.182. The number of hydrogen-bond acceptors (Lipinski definition) is 4. The second kappa shape index (κ2) is 5.76. The molecule has 1 heterocycles. The van der Waals surface area contributed by atoms with Crippen LogP contribution in [0.5, 0.6) is 0 Å². The van der Waals surface area contributed by atoms with Crippen LogP contribution in [0.4, 0.5) is 5.69 Å². The zero-order valence-electron chi connectivity index (χ0n) is 11.8. The highest BCUT2D eigenvalue weighted by atomic mass is 35.5. The van der Waals surface area contributed by atoms with Gasteiger partial charge >= 0.3 is 0 Å². The van der Waals surface area contributed by atoms with E-state index in [0.717, 1.165) is 25.6 Å². The van der Waals surface area contributed by atoms with Gasteiger partial charge in [-0.15, -0.1) is 0 Å². The maximum atomic E-state index is 12.6. The molecular weight excluding hydrogens is 310 g/mol. The predicted molar refractivity (Wildman–Crippen MR) is 83.8 cm³/mol. The van der Waals surface area contributed by atoms with Gasteiger partial charge in [0.15, 0.2) is 0 Å². The molecule has 0 radical (unpaired) electrons. The van der Waals surface area contributed by atoms with Gasteiger partial charge in [-0.3, -0.25) is 0 Å². The Morgan fingerprint density at radius 2 is 1.86 bits per heavy atom. The van der Waals surface area contributed by atoms with Crippen molar-refractivity contribution in [3.05, 3.63) is 23.2 Å². The Morgan fingerprint density at radius 1 is 1.19 bits per heavy atom. The Labute approximate surface area is 130 Å². The molecule has 2 fully saturated rings. The Hall–Kier alpha value is -0.820. The van der Waals surface area contributed by atoms with Crippen molar-refractivity contribution in [2.24, 2.45) is 5.92 Å². The predicted octanol–water partition coefficient (Wildman–Crippen LogP) is 1.64. The van der Waals surface area contributed by atoms with Gasteiger partial charge in [0.2, 0.25) is 10.0 Å². The fourth-order valence-electron chi connectivity index (χ4n) is 2.65. The standard InChI is InChI=1S/C14H20ClN3O2S/c15-13-4-3-12(9-14(13)16)21(19,20)18-7-5-17(6-8-18)10-11-1-2-11/h3-4,9,11H,1-2,5-8,10,16H2. The molecule has 0 unspecified atom stereocenters. The molecule has 0 aromatic heterocycles. The summed E-state index contributed by atoms with van der Waals surface area (Å²) in [5.74, 6) is 0.837. The number of nitrogens with two attached hydrogens (primary N) is 1. The fourth-order valence-corrected chi connectivity index (χ4v) is 4.23. The molecule has 1 aliphatic carbocycles. The van der Waals surface area contributed by atoms with Crippen molar-refractivity contribution in [2.75, 3.05) is 38.5 Å². The SMILES string of the molecule is Nc1cc(S(=O)(=O)N2CCN(CC3CC3)CC2)ccc1Cl. The van der Waals surface area contributed by atoms with Crippen molar-refractivity contribution in [3.8, 4) is 0 Å². The van der Waals surface area contributed by atoms with E-state index in [-0.39, 0.29) is 4.90 Å². The maximum absolute atomic E-state index is 12.6. The summed E-state index contributed by atoms with van der Waals surface area (Å²) in [5.41, 5.74) is 6.00. The van der Waals surface area contributed by atoms with Crippen molar-refractivity contribution >= 4 is 27.3 Å². The van der Waals surface area contributed by atoms with Crippen LogP contribution in [-0.2, 0) is 10.0 Å². The summed E-state index contributed by atoms with van der Waals surface area (Å²) in [6.07, 6.45) is 2.64. The molecule has 1 aromatic carbocycles. The smallest absolute Gasteiger partial charge is 0.243 e. The normalized spacial score (nSPS) is 21.6. The van der Waals surface area contributed by atoms with Crippen LogP contribution in [0.3, 0.4) is 0 Å². The summed E-state index contributed by atoms with van der Waals surface area (Å²) >= 11 is 5.85. The zero-order valence-corrected chi connectivity index (χ0v) is 13.4. The van der Waals surface area contributed by atoms with Crippen LogP contribution in [0.1, 0.15) is 12.8 Å². The topological polar surface area (TPSA) is 66.6 Å². The lowest BCUT2D eigenvalue weighted by Gasteiger charge is -2.34. The van der Waals surface area contributed by atoms with Gasteiger partial charge in [-0.05, 0) is 37.0 Å². The number of halogens is 1. The number of nitrogen functional groups attached to an aromatic ring is 1. The highest BCUT2D eigenvalue weighted by Gasteiger charge is 2.31. The summed E-state index contributed by atoms with van der Waals surface area (Å²) in [6.45, 7) is 3.80. The maximum Gasteiger partial charge on any atom is 0.243 e. The summed E-state index contributed by atoms with van der Waals surface area (Å²) < 4.78 is 26.7. The van der Waals surface area contributed by atoms with Gasteiger partial charge in [-0.2, -0.15) is 4.31 Å². The Balaban J connectivity index is 1.68. The molecule has 1 saturated carbocycles. The quantitative estimate of drug-likeness (QED) is 0.853. The third-order valence-corrected chi connectivity index (χ3v) is 6.39. The minimum Gasteiger partial charge on any atom is -0.397 e. The molecule has 1 saturated heterocycles. The largest absolute Gasteiger partial charge is 0.397 e. The Bertz CT molecular complexity index is 623. The first-order chi connectivity index (χ1) is 9.96. The van der Waals surface area contributed by atoms with E-state index in [1.165, 1.54) is 31.0 Å². The first-order valence-corrected chi connectivity index (χ1v) is 9.06. The van der Waals surface area contributed by atoms with Gasteiger partial charge < -0.3 is 10.6 Å². The molecule has 0 spiro atoms. The van der Waals surface area contributed by atoms with E-state index in [1.807, 2.05) is 0 Å². The molecule has 0 bridgehead atoms. The van der Waals surface area contributed by atoms with E-state index in [0.29, 0.717) is 23.8 Å². The number of rotatable bonds is 4. The van der Waals surface area contributed by atoms with Crippen molar-refractivity contribution in [2.45, 2.75) is 17.7 Å². The van der Waals surface area contributed by atoms with Crippen LogP contribution in [-0.4, -0.2) is 50.3 Å². The lowest BCUT2D eigenvalue weighted by Crippen LogP contribution is -2.49. The van der Waals surface area contributed by atoms with Gasteiger partial charge in [-0.1, -0.05) is 11.6 Å². The first-order valence-electron chi connectivity index (χ1n) is 7.24. The van der Waals surface area contributed by atoms with Gasteiger partial charge in [0, 0.05) is 32.7 Å². The van der Waals surface area contributed by atoms with Crippen LogP contribution in [0.25, 0.3) is 0 Å².